The molecule has 0 aliphatic carbocycles. The first kappa shape index (κ1) is 14.7. The molecule has 1 aromatic carbocycles. The molecule has 1 aromatic heterocycles. The van der Waals surface area contributed by atoms with Gasteiger partial charge in [0.05, 0.1) is 17.9 Å². The number of nitrogens with one attached hydrogen (secondary N) is 1. The number of nitro benzene ring substituents is 1. The zero-order valence-corrected chi connectivity index (χ0v) is 12.7. The second-order valence-electron chi connectivity index (χ2n) is 4.07. The van der Waals surface area contributed by atoms with E-state index in [2.05, 4.69) is 21.2 Å². The molecule has 0 fully saturated rings. The van der Waals surface area contributed by atoms with Crippen LogP contribution < -0.4 is 5.32 Å². The number of hydrogen-bond donors (Lipinski definition) is 1. The minimum Gasteiger partial charge on any atom is -0.351 e. The third-order valence-corrected chi connectivity index (χ3v) is 4.55. The summed E-state index contributed by atoms with van der Waals surface area (Å²) in [6.45, 7) is 0.450. The second-order valence-corrected chi connectivity index (χ2v) is 5.93. The Bertz CT molecular complexity index is 642. The van der Waals surface area contributed by atoms with Gasteiger partial charge in [0, 0.05) is 21.5 Å². The lowest BCUT2D eigenvalue weighted by Crippen LogP contribution is -2.24. The molecule has 0 atom stereocenters. The van der Waals surface area contributed by atoms with Crippen molar-refractivity contribution in [2.75, 3.05) is 0 Å². The molecule has 2 rings (SSSR count). The summed E-state index contributed by atoms with van der Waals surface area (Å²) in [5.74, 6) is -0.161. The number of carbonyl (C=O) groups is 1. The fourth-order valence-electron chi connectivity index (χ4n) is 1.66. The number of amides is 1. The lowest BCUT2D eigenvalue weighted by molar-refractivity contribution is -0.384. The fourth-order valence-corrected chi connectivity index (χ4v) is 3.09. The number of nitro groups is 1. The van der Waals surface area contributed by atoms with Crippen molar-refractivity contribution >= 4 is 38.9 Å². The van der Waals surface area contributed by atoms with Crippen LogP contribution in [0.1, 0.15) is 10.4 Å². The lowest BCUT2D eigenvalue weighted by Gasteiger charge is -2.04. The fraction of sp³-hybridized carbons (Fsp3) is 0.154. The molecule has 20 heavy (non-hydrogen) atoms. The largest absolute Gasteiger partial charge is 0.351 e. The van der Waals surface area contributed by atoms with Crippen LogP contribution in [0.3, 0.4) is 0 Å². The summed E-state index contributed by atoms with van der Waals surface area (Å²) in [6, 6.07) is 8.03. The first-order valence-electron chi connectivity index (χ1n) is 5.78. The minimum atomic E-state index is -0.468. The van der Waals surface area contributed by atoms with Gasteiger partial charge in [0.1, 0.15) is 0 Å². The molecule has 104 valence electrons. The number of non-ortho nitro benzene ring substituents is 1. The Morgan fingerprint density at radius 2 is 2.20 bits per heavy atom. The van der Waals surface area contributed by atoms with Crippen molar-refractivity contribution in [1.29, 1.82) is 0 Å². The highest BCUT2D eigenvalue weighted by Gasteiger charge is 2.09. The molecule has 5 nitrogen and oxygen atoms in total. The number of benzene rings is 1. The smallest absolute Gasteiger partial charge is 0.269 e. The maximum Gasteiger partial charge on any atom is 0.269 e. The van der Waals surface area contributed by atoms with E-state index in [-0.39, 0.29) is 18.0 Å². The van der Waals surface area contributed by atoms with Gasteiger partial charge in [0.25, 0.3) is 5.69 Å². The molecule has 0 saturated heterocycles. The van der Waals surface area contributed by atoms with Crippen molar-refractivity contribution in [3.8, 4) is 0 Å². The Labute approximate surface area is 127 Å². The normalized spacial score (nSPS) is 10.2. The maximum atomic E-state index is 11.8. The van der Waals surface area contributed by atoms with E-state index >= 15 is 0 Å². The van der Waals surface area contributed by atoms with Crippen LogP contribution in [0.2, 0.25) is 0 Å². The SMILES string of the molecule is O=C(Cc1cccc([N+](=O)[O-])c1)NCc1sccc1Br. The van der Waals surface area contributed by atoms with Crippen LogP contribution >= 0.6 is 27.3 Å². The topological polar surface area (TPSA) is 72.2 Å². The molecule has 0 radical (unpaired) electrons. The Kier molecular flexibility index (Phi) is 4.86. The molecule has 1 heterocycles. The number of halogens is 1. The third-order valence-electron chi connectivity index (χ3n) is 2.62. The highest BCUT2D eigenvalue weighted by molar-refractivity contribution is 9.10. The van der Waals surface area contributed by atoms with E-state index in [1.54, 1.807) is 23.5 Å². The van der Waals surface area contributed by atoms with Crippen molar-refractivity contribution in [2.24, 2.45) is 0 Å². The van der Waals surface area contributed by atoms with Crippen molar-refractivity contribution in [2.45, 2.75) is 13.0 Å². The number of carbonyl (C=O) groups excluding carboxylic acids is 1. The molecule has 0 bridgehead atoms. The molecular formula is C13H11BrN2O3S. The number of thiophene rings is 1. The van der Waals surface area contributed by atoms with Gasteiger partial charge in [-0.05, 0) is 32.9 Å². The van der Waals surface area contributed by atoms with Gasteiger partial charge in [-0.15, -0.1) is 11.3 Å². The second kappa shape index (κ2) is 6.62. The Morgan fingerprint density at radius 3 is 2.85 bits per heavy atom. The zero-order chi connectivity index (χ0) is 14.5. The Morgan fingerprint density at radius 1 is 1.40 bits per heavy atom. The van der Waals surface area contributed by atoms with E-state index in [1.807, 2.05) is 11.4 Å². The van der Waals surface area contributed by atoms with Crippen molar-refractivity contribution < 1.29 is 9.72 Å². The quantitative estimate of drug-likeness (QED) is 0.661. The first-order chi connectivity index (χ1) is 9.56. The molecule has 0 aliphatic rings. The Balaban J connectivity index is 1.93. The van der Waals surface area contributed by atoms with Crippen molar-refractivity contribution in [3.05, 3.63) is 60.7 Å². The summed E-state index contributed by atoms with van der Waals surface area (Å²) in [6.07, 6.45) is 0.130. The number of hydrogen-bond acceptors (Lipinski definition) is 4. The molecule has 0 unspecified atom stereocenters. The van der Waals surface area contributed by atoms with Gasteiger partial charge in [-0.1, -0.05) is 12.1 Å². The van der Waals surface area contributed by atoms with Crippen LogP contribution in [0.5, 0.6) is 0 Å². The third kappa shape index (κ3) is 3.88. The summed E-state index contributed by atoms with van der Waals surface area (Å²) in [5.41, 5.74) is 0.623. The lowest BCUT2D eigenvalue weighted by atomic mass is 10.1. The van der Waals surface area contributed by atoms with E-state index in [0.29, 0.717) is 12.1 Å². The van der Waals surface area contributed by atoms with Gasteiger partial charge >= 0.3 is 0 Å². The number of rotatable bonds is 5. The molecule has 1 amide bonds. The van der Waals surface area contributed by atoms with Crippen LogP contribution in [-0.2, 0) is 17.8 Å². The standard InChI is InChI=1S/C13H11BrN2O3S/c14-11-4-5-20-12(11)8-15-13(17)7-9-2-1-3-10(6-9)16(18)19/h1-6H,7-8H2,(H,15,17). The zero-order valence-electron chi connectivity index (χ0n) is 10.3. The first-order valence-corrected chi connectivity index (χ1v) is 7.45. The summed E-state index contributed by atoms with van der Waals surface area (Å²) in [4.78, 5) is 23.0. The van der Waals surface area contributed by atoms with Crippen LogP contribution in [0, 0.1) is 10.1 Å². The van der Waals surface area contributed by atoms with Crippen LogP contribution in [0.25, 0.3) is 0 Å². The Hall–Kier alpha value is -1.73. The molecule has 0 spiro atoms. The predicted molar refractivity (Wildman–Crippen MR) is 80.7 cm³/mol. The molecule has 0 aliphatic heterocycles. The van der Waals surface area contributed by atoms with Gasteiger partial charge in [-0.2, -0.15) is 0 Å². The summed E-state index contributed by atoms with van der Waals surface area (Å²) in [7, 11) is 0. The molecule has 0 saturated carbocycles. The van der Waals surface area contributed by atoms with Crippen molar-refractivity contribution in [1.82, 2.24) is 5.32 Å². The van der Waals surface area contributed by atoms with Gasteiger partial charge in [0.15, 0.2) is 0 Å². The van der Waals surface area contributed by atoms with Crippen molar-refractivity contribution in [3.63, 3.8) is 0 Å². The van der Waals surface area contributed by atoms with Crippen LogP contribution in [0.15, 0.2) is 40.2 Å². The molecule has 2 aromatic rings. The van der Waals surface area contributed by atoms with E-state index in [4.69, 9.17) is 0 Å². The van der Waals surface area contributed by atoms with E-state index in [0.717, 1.165) is 9.35 Å². The van der Waals surface area contributed by atoms with E-state index < -0.39 is 4.92 Å². The average molecular weight is 355 g/mol. The highest BCUT2D eigenvalue weighted by Crippen LogP contribution is 2.22. The van der Waals surface area contributed by atoms with Gasteiger partial charge in [-0.3, -0.25) is 14.9 Å². The van der Waals surface area contributed by atoms with Gasteiger partial charge < -0.3 is 5.32 Å². The van der Waals surface area contributed by atoms with Gasteiger partial charge in [-0.25, -0.2) is 0 Å². The van der Waals surface area contributed by atoms with Crippen LogP contribution in [-0.4, -0.2) is 10.8 Å². The predicted octanol–water partition coefficient (Wildman–Crippen LogP) is 3.28. The molecule has 7 heteroatoms. The highest BCUT2D eigenvalue weighted by atomic mass is 79.9. The van der Waals surface area contributed by atoms with Gasteiger partial charge in [0.2, 0.25) is 5.91 Å². The summed E-state index contributed by atoms with van der Waals surface area (Å²) >= 11 is 4.95. The summed E-state index contributed by atoms with van der Waals surface area (Å²) < 4.78 is 0.971. The number of nitrogens with zero attached hydrogens (tertiary/aromatic N) is 1. The molecule has 1 N–H and O–H groups in total. The van der Waals surface area contributed by atoms with E-state index in [1.165, 1.54) is 12.1 Å². The van der Waals surface area contributed by atoms with Crippen LogP contribution in [0.4, 0.5) is 5.69 Å². The summed E-state index contributed by atoms with van der Waals surface area (Å²) in [5, 5.41) is 15.4. The monoisotopic (exact) mass is 354 g/mol. The average Bonchev–Trinajstić information content (AvgIpc) is 2.82. The minimum absolute atomic E-state index is 0.00342. The molecular weight excluding hydrogens is 344 g/mol. The maximum absolute atomic E-state index is 11.8. The van der Waals surface area contributed by atoms with E-state index in [9.17, 15) is 14.9 Å².